The molecule has 1 aliphatic rings. The molecule has 0 amide bonds. The summed E-state index contributed by atoms with van der Waals surface area (Å²) in [5.74, 6) is 0. The lowest BCUT2D eigenvalue weighted by Crippen LogP contribution is -2.14. The van der Waals surface area contributed by atoms with E-state index in [9.17, 15) is 10.1 Å². The summed E-state index contributed by atoms with van der Waals surface area (Å²) in [6, 6.07) is 29.7. The topological polar surface area (TPSA) is 48.1 Å². The summed E-state index contributed by atoms with van der Waals surface area (Å²) in [6.07, 6.45) is 0. The maximum Gasteiger partial charge on any atom is 0.277 e. The van der Waals surface area contributed by atoms with E-state index in [1.807, 2.05) is 24.3 Å². The van der Waals surface area contributed by atoms with Crippen LogP contribution in [0.2, 0.25) is 5.02 Å². The van der Waals surface area contributed by atoms with Crippen molar-refractivity contribution >= 4 is 28.2 Å². The number of benzene rings is 4. The van der Waals surface area contributed by atoms with Gasteiger partial charge in [-0.15, -0.1) is 0 Å². The van der Waals surface area contributed by atoms with Crippen LogP contribution in [0.4, 0.5) is 5.69 Å². The number of para-hydroxylation sites is 1. The van der Waals surface area contributed by atoms with Crippen LogP contribution in [0, 0.1) is 10.1 Å². The van der Waals surface area contributed by atoms with E-state index in [2.05, 4.69) is 66.9 Å². The zero-order chi connectivity index (χ0) is 23.6. The molecule has 0 N–H and O–H groups in total. The van der Waals surface area contributed by atoms with E-state index >= 15 is 0 Å². The molecule has 0 unspecified atom stereocenters. The van der Waals surface area contributed by atoms with E-state index in [0.717, 1.165) is 22.2 Å². The Bertz CT molecular complexity index is 1620. The predicted octanol–water partition coefficient (Wildman–Crippen LogP) is 8.17. The van der Waals surface area contributed by atoms with Gasteiger partial charge in [0.05, 0.1) is 21.7 Å². The third-order valence-electron chi connectivity index (χ3n) is 6.93. The Labute approximate surface area is 202 Å². The Morgan fingerprint density at radius 2 is 1.59 bits per heavy atom. The molecule has 0 radical (unpaired) electrons. The van der Waals surface area contributed by atoms with Crippen LogP contribution in [0.1, 0.15) is 25.0 Å². The number of hydrogen-bond donors (Lipinski definition) is 0. The molecule has 5 aromatic rings. The molecule has 0 spiro atoms. The number of nitrogens with zero attached hydrogens (tertiary/aromatic N) is 2. The van der Waals surface area contributed by atoms with Gasteiger partial charge in [-0.3, -0.25) is 10.1 Å². The van der Waals surface area contributed by atoms with Gasteiger partial charge in [0.25, 0.3) is 5.69 Å². The van der Waals surface area contributed by atoms with Crippen LogP contribution >= 0.6 is 11.6 Å². The van der Waals surface area contributed by atoms with Gasteiger partial charge in [-0.2, -0.15) is 0 Å². The van der Waals surface area contributed by atoms with Crippen LogP contribution in [0.5, 0.6) is 0 Å². The molecule has 0 atom stereocenters. The van der Waals surface area contributed by atoms with E-state index in [0.29, 0.717) is 10.6 Å². The van der Waals surface area contributed by atoms with Crippen LogP contribution in [0.25, 0.3) is 39.0 Å². The van der Waals surface area contributed by atoms with E-state index < -0.39 is 0 Å². The Kier molecular flexibility index (Phi) is 4.45. The quantitative estimate of drug-likeness (QED) is 0.200. The second kappa shape index (κ2) is 7.31. The molecule has 0 saturated heterocycles. The van der Waals surface area contributed by atoms with Gasteiger partial charge in [0.15, 0.2) is 0 Å². The molecule has 1 aliphatic carbocycles. The van der Waals surface area contributed by atoms with Crippen molar-refractivity contribution in [2.45, 2.75) is 19.3 Å². The van der Waals surface area contributed by atoms with E-state index in [1.54, 1.807) is 12.1 Å². The first-order valence-corrected chi connectivity index (χ1v) is 11.5. The number of fused-ring (bicyclic) bond motifs is 5. The van der Waals surface area contributed by atoms with Crippen molar-refractivity contribution < 1.29 is 4.92 Å². The summed E-state index contributed by atoms with van der Waals surface area (Å²) < 4.78 is 2.29. The molecular formula is C29H21ClN2O2. The average molecular weight is 465 g/mol. The van der Waals surface area contributed by atoms with Crippen molar-refractivity contribution in [1.82, 2.24) is 4.57 Å². The van der Waals surface area contributed by atoms with Gasteiger partial charge in [-0.1, -0.05) is 80.0 Å². The monoisotopic (exact) mass is 464 g/mol. The van der Waals surface area contributed by atoms with Gasteiger partial charge in [0, 0.05) is 33.1 Å². The smallest absolute Gasteiger partial charge is 0.277 e. The Morgan fingerprint density at radius 3 is 2.35 bits per heavy atom. The number of halogens is 1. The predicted molar refractivity (Wildman–Crippen MR) is 138 cm³/mol. The number of aromatic nitrogens is 1. The second-order valence-electron chi connectivity index (χ2n) is 9.22. The summed E-state index contributed by atoms with van der Waals surface area (Å²) in [6.45, 7) is 4.53. The molecular weight excluding hydrogens is 444 g/mol. The molecule has 4 aromatic carbocycles. The Hall–Kier alpha value is -3.89. The van der Waals surface area contributed by atoms with Crippen LogP contribution in [0.3, 0.4) is 0 Å². The third kappa shape index (κ3) is 2.85. The van der Waals surface area contributed by atoms with Gasteiger partial charge in [0.2, 0.25) is 0 Å². The third-order valence-corrected chi connectivity index (χ3v) is 7.16. The van der Waals surface area contributed by atoms with Crippen molar-refractivity contribution in [3.63, 3.8) is 0 Å². The molecule has 0 aliphatic heterocycles. The molecule has 0 bridgehead atoms. The maximum atomic E-state index is 11.8. The highest BCUT2D eigenvalue weighted by Crippen LogP contribution is 2.54. The van der Waals surface area contributed by atoms with Crippen molar-refractivity contribution in [3.8, 4) is 28.1 Å². The van der Waals surface area contributed by atoms with Crippen LogP contribution in [0.15, 0.2) is 91.0 Å². The lowest BCUT2D eigenvalue weighted by Gasteiger charge is -2.21. The van der Waals surface area contributed by atoms with E-state index in [4.69, 9.17) is 11.6 Å². The van der Waals surface area contributed by atoms with Gasteiger partial charge in [-0.25, -0.2) is 0 Å². The Morgan fingerprint density at radius 1 is 0.853 bits per heavy atom. The largest absolute Gasteiger partial charge is 0.309 e. The minimum Gasteiger partial charge on any atom is -0.309 e. The second-order valence-corrected chi connectivity index (χ2v) is 9.65. The van der Waals surface area contributed by atoms with Gasteiger partial charge in [0.1, 0.15) is 0 Å². The maximum absolute atomic E-state index is 11.8. The summed E-state index contributed by atoms with van der Waals surface area (Å²) in [5, 5.41) is 13.4. The summed E-state index contributed by atoms with van der Waals surface area (Å²) >= 11 is 6.24. The lowest BCUT2D eigenvalue weighted by atomic mass is 9.81. The zero-order valence-corrected chi connectivity index (χ0v) is 19.5. The fourth-order valence-electron chi connectivity index (χ4n) is 5.46. The molecule has 1 aromatic heterocycles. The summed E-state index contributed by atoms with van der Waals surface area (Å²) in [5.41, 5.74) is 8.21. The standard InChI is InChI=1S/C29H21ClN2O2/c1-29(2)24-11-7-6-10-21(24)28-27(29)22-14-12-18(23-17-19(30)13-15-25(23)32(33)34)16-26(22)31(28)20-8-4-3-5-9-20/h3-17H,1-2H3. The first-order valence-electron chi connectivity index (χ1n) is 11.2. The van der Waals surface area contributed by atoms with E-state index in [-0.39, 0.29) is 16.0 Å². The molecule has 1 heterocycles. The number of nitro groups is 1. The SMILES string of the molecule is CC1(C)c2ccccc2-c2c1c1ccc(-c3cc(Cl)ccc3[N+](=O)[O-])cc1n2-c1ccccc1. The minimum atomic E-state index is -0.356. The fraction of sp³-hybridized carbons (Fsp3) is 0.103. The molecule has 0 fully saturated rings. The van der Waals surface area contributed by atoms with Crippen LogP contribution < -0.4 is 0 Å². The lowest BCUT2D eigenvalue weighted by molar-refractivity contribution is -0.384. The van der Waals surface area contributed by atoms with Gasteiger partial charge < -0.3 is 4.57 Å². The van der Waals surface area contributed by atoms with Gasteiger partial charge >= 0.3 is 0 Å². The first kappa shape index (κ1) is 20.7. The van der Waals surface area contributed by atoms with Crippen molar-refractivity contribution in [2.75, 3.05) is 0 Å². The molecule has 34 heavy (non-hydrogen) atoms. The fourth-order valence-corrected chi connectivity index (χ4v) is 5.63. The van der Waals surface area contributed by atoms with Crippen molar-refractivity contribution in [1.29, 1.82) is 0 Å². The first-order chi connectivity index (χ1) is 16.4. The highest BCUT2D eigenvalue weighted by Gasteiger charge is 2.40. The summed E-state index contributed by atoms with van der Waals surface area (Å²) in [4.78, 5) is 11.4. The number of nitro benzene ring substituents is 1. The highest BCUT2D eigenvalue weighted by molar-refractivity contribution is 6.31. The molecule has 6 rings (SSSR count). The van der Waals surface area contributed by atoms with E-state index in [1.165, 1.54) is 28.5 Å². The molecule has 0 saturated carbocycles. The average Bonchev–Trinajstić information content (AvgIpc) is 3.30. The Balaban J connectivity index is 1.73. The van der Waals surface area contributed by atoms with Crippen LogP contribution in [-0.4, -0.2) is 9.49 Å². The number of rotatable bonds is 3. The highest BCUT2D eigenvalue weighted by atomic mass is 35.5. The minimum absolute atomic E-state index is 0.0415. The van der Waals surface area contributed by atoms with Crippen molar-refractivity contribution in [3.05, 3.63) is 117 Å². The summed E-state index contributed by atoms with van der Waals surface area (Å²) in [7, 11) is 0. The molecule has 5 heteroatoms. The number of hydrogen-bond acceptors (Lipinski definition) is 2. The van der Waals surface area contributed by atoms with Crippen molar-refractivity contribution in [2.24, 2.45) is 0 Å². The normalized spacial score (nSPS) is 13.6. The zero-order valence-electron chi connectivity index (χ0n) is 18.7. The van der Waals surface area contributed by atoms with Gasteiger partial charge in [-0.05, 0) is 47.0 Å². The molecule has 166 valence electrons. The van der Waals surface area contributed by atoms with Crippen LogP contribution in [-0.2, 0) is 5.41 Å². The molecule has 4 nitrogen and oxygen atoms in total.